The Balaban J connectivity index is 2.36. The number of rotatable bonds is 1. The molecule has 1 aliphatic carbocycles. The summed E-state index contributed by atoms with van der Waals surface area (Å²) in [5, 5.41) is 0. The number of hydrogen-bond acceptors (Lipinski definition) is 4. The molecule has 0 amide bonds. The molecule has 21 heavy (non-hydrogen) atoms. The number of carbonyl (C=O) groups excluding carboxylic acids is 2. The van der Waals surface area contributed by atoms with Crippen LogP contribution in [0.2, 0.25) is 0 Å². The van der Waals surface area contributed by atoms with Crippen LogP contribution < -0.4 is 0 Å². The van der Waals surface area contributed by atoms with Gasteiger partial charge in [0.1, 0.15) is 12.2 Å². The van der Waals surface area contributed by atoms with Crippen LogP contribution in [0.15, 0.2) is 23.3 Å². The molecule has 0 N–H and O–H groups in total. The lowest BCUT2D eigenvalue weighted by Crippen LogP contribution is -2.35. The molecule has 1 heterocycles. The summed E-state index contributed by atoms with van der Waals surface area (Å²) in [4.78, 5) is 23.4. The molecule has 1 saturated heterocycles. The zero-order chi connectivity index (χ0) is 15.6. The average molecular weight is 292 g/mol. The summed E-state index contributed by atoms with van der Waals surface area (Å²) in [7, 11) is 0. The van der Waals surface area contributed by atoms with Crippen LogP contribution in [0.5, 0.6) is 0 Å². The van der Waals surface area contributed by atoms with E-state index in [9.17, 15) is 9.59 Å². The van der Waals surface area contributed by atoms with Gasteiger partial charge in [-0.25, -0.2) is 0 Å². The molecule has 4 atom stereocenters. The lowest BCUT2D eigenvalue weighted by Gasteiger charge is -2.28. The molecule has 1 fully saturated rings. The molecule has 0 aromatic heterocycles. The first-order chi connectivity index (χ1) is 9.88. The normalized spacial score (nSPS) is 35.9. The van der Waals surface area contributed by atoms with Crippen molar-refractivity contribution in [3.8, 4) is 0 Å². The van der Waals surface area contributed by atoms with E-state index in [1.807, 2.05) is 13.0 Å². The van der Waals surface area contributed by atoms with Gasteiger partial charge in [0.25, 0.3) is 0 Å². The maximum Gasteiger partial charge on any atom is 0.309 e. The van der Waals surface area contributed by atoms with Crippen molar-refractivity contribution in [3.63, 3.8) is 0 Å². The summed E-state index contributed by atoms with van der Waals surface area (Å²) in [5.74, 6) is -0.878. The summed E-state index contributed by atoms with van der Waals surface area (Å²) >= 11 is 0. The molecular weight excluding hydrogens is 268 g/mol. The maximum absolute atomic E-state index is 11.9. The summed E-state index contributed by atoms with van der Waals surface area (Å²) in [6.07, 6.45) is 6.20. The van der Waals surface area contributed by atoms with Crippen molar-refractivity contribution in [2.75, 3.05) is 0 Å². The minimum absolute atomic E-state index is 0.113. The van der Waals surface area contributed by atoms with Crippen molar-refractivity contribution < 1.29 is 19.1 Å². The van der Waals surface area contributed by atoms with E-state index >= 15 is 0 Å². The Labute approximate surface area is 126 Å². The van der Waals surface area contributed by atoms with E-state index in [2.05, 4.69) is 19.9 Å². The first kappa shape index (κ1) is 15.8. The van der Waals surface area contributed by atoms with Crippen LogP contribution in [0.25, 0.3) is 0 Å². The fraction of sp³-hybridized carbons (Fsp3) is 0.647. The van der Waals surface area contributed by atoms with Gasteiger partial charge in [-0.2, -0.15) is 0 Å². The number of esters is 2. The maximum atomic E-state index is 11.9. The average Bonchev–Trinajstić information content (AvgIpc) is 2.62. The standard InChI is InChI=1S/C17H24O4/c1-10-6-5-7-11(2)9-15-16(12(3)17(19)21-15)14(8-10)20-13(4)18/h6,9,12,14-16H,5,7-8H2,1-4H3/b10-6?,11-9+/t12-,14-,15+,16+/m0/s1. The van der Waals surface area contributed by atoms with Gasteiger partial charge in [0.2, 0.25) is 0 Å². The minimum Gasteiger partial charge on any atom is -0.462 e. The van der Waals surface area contributed by atoms with Crippen LogP contribution >= 0.6 is 0 Å². The van der Waals surface area contributed by atoms with Crippen LogP contribution in [0.4, 0.5) is 0 Å². The molecule has 2 rings (SSSR count). The lowest BCUT2D eigenvalue weighted by molar-refractivity contribution is -0.150. The van der Waals surface area contributed by atoms with Crippen LogP contribution in [0.1, 0.15) is 47.0 Å². The highest BCUT2D eigenvalue weighted by atomic mass is 16.6. The quantitative estimate of drug-likeness (QED) is 0.550. The fourth-order valence-corrected chi connectivity index (χ4v) is 3.22. The molecule has 1 aliphatic heterocycles. The first-order valence-corrected chi connectivity index (χ1v) is 7.59. The Kier molecular flexibility index (Phi) is 4.86. The van der Waals surface area contributed by atoms with Crippen LogP contribution in [-0.4, -0.2) is 24.1 Å². The number of carbonyl (C=O) groups is 2. The summed E-state index contributed by atoms with van der Waals surface area (Å²) in [6.45, 7) is 7.38. The van der Waals surface area contributed by atoms with Gasteiger partial charge in [0.15, 0.2) is 0 Å². The van der Waals surface area contributed by atoms with Crippen LogP contribution in [0, 0.1) is 11.8 Å². The number of fused-ring (bicyclic) bond motifs is 1. The highest BCUT2D eigenvalue weighted by Crippen LogP contribution is 2.37. The predicted molar refractivity (Wildman–Crippen MR) is 79.5 cm³/mol. The molecule has 4 nitrogen and oxygen atoms in total. The van der Waals surface area contributed by atoms with Crippen LogP contribution in [-0.2, 0) is 19.1 Å². The van der Waals surface area contributed by atoms with Crippen molar-refractivity contribution in [2.24, 2.45) is 11.8 Å². The molecule has 116 valence electrons. The van der Waals surface area contributed by atoms with Crippen molar-refractivity contribution in [3.05, 3.63) is 23.3 Å². The third-order valence-corrected chi connectivity index (χ3v) is 4.33. The smallest absolute Gasteiger partial charge is 0.309 e. The Morgan fingerprint density at radius 2 is 2.05 bits per heavy atom. The largest absolute Gasteiger partial charge is 0.462 e. The van der Waals surface area contributed by atoms with Crippen molar-refractivity contribution >= 4 is 11.9 Å². The number of allylic oxidation sites excluding steroid dienone is 2. The molecular formula is C17H24O4. The van der Waals surface area contributed by atoms with Gasteiger partial charge in [-0.05, 0) is 32.8 Å². The fourth-order valence-electron chi connectivity index (χ4n) is 3.22. The van der Waals surface area contributed by atoms with Crippen molar-refractivity contribution in [1.29, 1.82) is 0 Å². The summed E-state index contributed by atoms with van der Waals surface area (Å²) in [5.41, 5.74) is 2.40. The predicted octanol–water partition coefficient (Wildman–Crippen LogP) is 3.17. The number of hydrogen-bond donors (Lipinski definition) is 0. The van der Waals surface area contributed by atoms with E-state index in [1.54, 1.807) is 0 Å². The summed E-state index contributed by atoms with van der Waals surface area (Å²) < 4.78 is 11.0. The molecule has 0 bridgehead atoms. The van der Waals surface area contributed by atoms with Gasteiger partial charge in [0.05, 0.1) is 11.8 Å². The molecule has 0 saturated carbocycles. The van der Waals surface area contributed by atoms with E-state index in [0.717, 1.165) is 12.8 Å². The van der Waals surface area contributed by atoms with E-state index in [1.165, 1.54) is 18.1 Å². The zero-order valence-electron chi connectivity index (χ0n) is 13.2. The van der Waals surface area contributed by atoms with Gasteiger partial charge in [-0.15, -0.1) is 0 Å². The Hall–Kier alpha value is -1.58. The number of ether oxygens (including phenoxy) is 2. The zero-order valence-corrected chi connectivity index (χ0v) is 13.2. The third kappa shape index (κ3) is 3.74. The first-order valence-electron chi connectivity index (χ1n) is 7.59. The second-order valence-electron chi connectivity index (χ2n) is 6.22. The van der Waals surface area contributed by atoms with Gasteiger partial charge >= 0.3 is 11.9 Å². The second-order valence-corrected chi connectivity index (χ2v) is 6.22. The molecule has 2 aliphatic rings. The molecule has 0 radical (unpaired) electrons. The van der Waals surface area contributed by atoms with E-state index in [4.69, 9.17) is 9.47 Å². The van der Waals surface area contributed by atoms with Crippen LogP contribution in [0.3, 0.4) is 0 Å². The van der Waals surface area contributed by atoms with E-state index in [-0.39, 0.29) is 36.0 Å². The minimum atomic E-state index is -0.313. The van der Waals surface area contributed by atoms with Gasteiger partial charge in [0, 0.05) is 13.3 Å². The summed E-state index contributed by atoms with van der Waals surface area (Å²) in [6, 6.07) is 0. The van der Waals surface area contributed by atoms with Gasteiger partial charge in [-0.1, -0.05) is 24.1 Å². The van der Waals surface area contributed by atoms with Gasteiger partial charge in [-0.3, -0.25) is 9.59 Å². The molecule has 0 spiro atoms. The van der Waals surface area contributed by atoms with Crippen molar-refractivity contribution in [2.45, 2.75) is 59.2 Å². The molecule has 0 unspecified atom stereocenters. The second kappa shape index (κ2) is 6.46. The Bertz CT molecular complexity index is 489. The topological polar surface area (TPSA) is 52.6 Å². The molecule has 0 aromatic carbocycles. The lowest BCUT2D eigenvalue weighted by atomic mass is 9.82. The monoisotopic (exact) mass is 292 g/mol. The van der Waals surface area contributed by atoms with Crippen molar-refractivity contribution in [1.82, 2.24) is 0 Å². The molecule has 4 heteroatoms. The van der Waals surface area contributed by atoms with E-state index < -0.39 is 0 Å². The molecule has 0 aromatic rings. The van der Waals surface area contributed by atoms with Gasteiger partial charge < -0.3 is 9.47 Å². The third-order valence-electron chi connectivity index (χ3n) is 4.33. The highest BCUT2D eigenvalue weighted by molar-refractivity contribution is 5.75. The highest BCUT2D eigenvalue weighted by Gasteiger charge is 2.46. The Morgan fingerprint density at radius 3 is 2.71 bits per heavy atom. The SMILES string of the molecule is CC(=O)O[C@H]1CC(C)=CCC/C(C)=C/[C@H]2OC(=O)[C@@H](C)[C@H]12. The Morgan fingerprint density at radius 1 is 1.33 bits per heavy atom. The van der Waals surface area contributed by atoms with E-state index in [0.29, 0.717) is 6.42 Å².